The molecule has 18 heavy (non-hydrogen) atoms. The molecule has 0 bridgehead atoms. The second-order valence-electron chi connectivity index (χ2n) is 4.14. The van der Waals surface area contributed by atoms with E-state index in [1.807, 2.05) is 31.3 Å². The number of aromatic nitrogens is 2. The Morgan fingerprint density at radius 2 is 2.17 bits per heavy atom. The topological polar surface area (TPSA) is 46.9 Å². The van der Waals surface area contributed by atoms with Gasteiger partial charge in [-0.05, 0) is 23.3 Å². The zero-order valence-electron chi connectivity index (χ0n) is 10.3. The summed E-state index contributed by atoms with van der Waals surface area (Å²) in [5.74, 6) is -0.0831. The Labute approximate surface area is 120 Å². The summed E-state index contributed by atoms with van der Waals surface area (Å²) < 4.78 is 2.87. The molecule has 0 aliphatic carbocycles. The summed E-state index contributed by atoms with van der Waals surface area (Å²) in [6, 6.07) is 7.78. The fourth-order valence-electron chi connectivity index (χ4n) is 1.89. The highest BCUT2D eigenvalue weighted by Gasteiger charge is 2.14. The van der Waals surface area contributed by atoms with Gasteiger partial charge in [0, 0.05) is 19.0 Å². The fourth-order valence-corrected chi connectivity index (χ4v) is 2.43. The normalized spacial score (nSPS) is 10.8. The average Bonchev–Trinajstić information content (AvgIpc) is 2.73. The van der Waals surface area contributed by atoms with Gasteiger partial charge in [-0.2, -0.15) is 5.10 Å². The van der Waals surface area contributed by atoms with Crippen LogP contribution in [0.2, 0.25) is 0 Å². The number of para-hydroxylation sites is 1. The molecule has 2 aromatic rings. The molecule has 0 spiro atoms. The zero-order chi connectivity index (χ0) is 13.0. The first kappa shape index (κ1) is 13.3. The van der Waals surface area contributed by atoms with Crippen molar-refractivity contribution in [2.75, 3.05) is 11.0 Å². The highest BCUT2D eigenvalue weighted by Crippen LogP contribution is 2.17. The predicted octanol–water partition coefficient (Wildman–Crippen LogP) is 2.52. The number of rotatable bonds is 5. The molecule has 1 aromatic heterocycles. The molecule has 5 heteroatoms. The molecule has 0 radical (unpaired) electrons. The van der Waals surface area contributed by atoms with E-state index in [0.717, 1.165) is 28.2 Å². The lowest BCUT2D eigenvalue weighted by Gasteiger charge is -2.02. The van der Waals surface area contributed by atoms with Crippen LogP contribution in [0.3, 0.4) is 0 Å². The lowest BCUT2D eigenvalue weighted by molar-refractivity contribution is 0.0949. The van der Waals surface area contributed by atoms with Crippen LogP contribution in [0.5, 0.6) is 0 Å². The summed E-state index contributed by atoms with van der Waals surface area (Å²) in [5, 5.41) is 8.12. The molecule has 96 valence electrons. The molecule has 0 fully saturated rings. The van der Waals surface area contributed by atoms with Crippen molar-refractivity contribution in [2.45, 2.75) is 12.8 Å². The van der Waals surface area contributed by atoms with E-state index >= 15 is 0 Å². The van der Waals surface area contributed by atoms with Gasteiger partial charge in [-0.3, -0.25) is 9.48 Å². The van der Waals surface area contributed by atoms with Crippen molar-refractivity contribution in [1.29, 1.82) is 0 Å². The van der Waals surface area contributed by atoms with Gasteiger partial charge < -0.3 is 5.32 Å². The summed E-state index contributed by atoms with van der Waals surface area (Å²) in [7, 11) is 1.86. The average molecular weight is 357 g/mol. The number of hydrogen-bond donors (Lipinski definition) is 1. The number of carbonyl (C=O) groups excluding carboxylic acids is 1. The third-order valence-electron chi connectivity index (χ3n) is 2.82. The maximum absolute atomic E-state index is 12.0. The second kappa shape index (κ2) is 6.17. The summed E-state index contributed by atoms with van der Waals surface area (Å²) >= 11 is 2.34. The first-order valence-corrected chi connectivity index (χ1v) is 7.52. The number of benzene rings is 1. The van der Waals surface area contributed by atoms with E-state index in [-0.39, 0.29) is 5.91 Å². The van der Waals surface area contributed by atoms with Crippen molar-refractivity contribution in [1.82, 2.24) is 15.1 Å². The van der Waals surface area contributed by atoms with Gasteiger partial charge in [0.05, 0.1) is 5.52 Å². The van der Waals surface area contributed by atoms with Crippen LogP contribution in [-0.4, -0.2) is 26.7 Å². The van der Waals surface area contributed by atoms with E-state index in [2.05, 4.69) is 33.0 Å². The zero-order valence-corrected chi connectivity index (χ0v) is 12.5. The van der Waals surface area contributed by atoms with E-state index in [4.69, 9.17) is 0 Å². The summed E-state index contributed by atoms with van der Waals surface area (Å²) in [4.78, 5) is 12.0. The standard InChI is InChI=1S/C13H16IN3O/c1-17-11-7-3-2-6-10(11)12(16-17)13(18)15-9-5-4-8-14/h2-3,6-7H,4-5,8-9H2,1H3,(H,15,18). The number of fused-ring (bicyclic) bond motifs is 1. The molecule has 2 rings (SSSR count). The molecular formula is C13H16IN3O. The second-order valence-corrected chi connectivity index (χ2v) is 5.22. The lowest BCUT2D eigenvalue weighted by atomic mass is 10.2. The van der Waals surface area contributed by atoms with Gasteiger partial charge in [0.25, 0.3) is 5.91 Å². The Balaban J connectivity index is 2.13. The van der Waals surface area contributed by atoms with Gasteiger partial charge in [0.15, 0.2) is 5.69 Å². The number of aryl methyl sites for hydroxylation is 1. The first-order valence-electron chi connectivity index (χ1n) is 6.00. The summed E-state index contributed by atoms with van der Waals surface area (Å²) in [6.07, 6.45) is 2.14. The highest BCUT2D eigenvalue weighted by atomic mass is 127. The highest BCUT2D eigenvalue weighted by molar-refractivity contribution is 14.1. The van der Waals surface area contributed by atoms with Crippen LogP contribution < -0.4 is 5.32 Å². The third kappa shape index (κ3) is 2.82. The molecule has 0 aliphatic rings. The van der Waals surface area contributed by atoms with Gasteiger partial charge in [0.2, 0.25) is 0 Å². The summed E-state index contributed by atoms with van der Waals surface area (Å²) in [5.41, 5.74) is 1.50. The van der Waals surface area contributed by atoms with Gasteiger partial charge in [0.1, 0.15) is 0 Å². The molecule has 1 aromatic carbocycles. The minimum Gasteiger partial charge on any atom is -0.351 e. The Bertz CT molecular complexity index is 550. The minimum absolute atomic E-state index is 0.0831. The number of nitrogens with one attached hydrogen (secondary N) is 1. The fraction of sp³-hybridized carbons (Fsp3) is 0.385. The monoisotopic (exact) mass is 357 g/mol. The third-order valence-corrected chi connectivity index (χ3v) is 3.58. The van der Waals surface area contributed by atoms with Crippen LogP contribution in [0, 0.1) is 0 Å². The number of unbranched alkanes of at least 4 members (excludes halogenated alkanes) is 1. The molecule has 1 N–H and O–H groups in total. The number of alkyl halides is 1. The number of halogens is 1. The van der Waals surface area contributed by atoms with Crippen molar-refractivity contribution in [3.8, 4) is 0 Å². The van der Waals surface area contributed by atoms with Crippen LogP contribution >= 0.6 is 22.6 Å². The molecule has 0 aliphatic heterocycles. The Kier molecular flexibility index (Phi) is 4.57. The molecule has 1 amide bonds. The maximum Gasteiger partial charge on any atom is 0.272 e. The van der Waals surface area contributed by atoms with Crippen LogP contribution in [0.1, 0.15) is 23.3 Å². The Morgan fingerprint density at radius 1 is 1.39 bits per heavy atom. The number of amides is 1. The number of carbonyl (C=O) groups is 1. The lowest BCUT2D eigenvalue weighted by Crippen LogP contribution is -2.25. The van der Waals surface area contributed by atoms with Gasteiger partial charge in [-0.25, -0.2) is 0 Å². The van der Waals surface area contributed by atoms with Gasteiger partial charge in [-0.1, -0.05) is 40.8 Å². The molecule has 0 atom stereocenters. The first-order chi connectivity index (χ1) is 8.74. The van der Waals surface area contributed by atoms with Crippen molar-refractivity contribution in [3.05, 3.63) is 30.0 Å². The molecule has 0 saturated carbocycles. The number of hydrogen-bond acceptors (Lipinski definition) is 2. The van der Waals surface area contributed by atoms with Crippen molar-refractivity contribution in [2.24, 2.45) is 7.05 Å². The Morgan fingerprint density at radius 3 is 2.94 bits per heavy atom. The van der Waals surface area contributed by atoms with E-state index in [1.54, 1.807) is 4.68 Å². The van der Waals surface area contributed by atoms with Crippen molar-refractivity contribution in [3.63, 3.8) is 0 Å². The van der Waals surface area contributed by atoms with Crippen LogP contribution in [-0.2, 0) is 7.05 Å². The predicted molar refractivity (Wildman–Crippen MR) is 81.2 cm³/mol. The van der Waals surface area contributed by atoms with E-state index in [9.17, 15) is 4.79 Å². The Hall–Kier alpha value is -1.11. The van der Waals surface area contributed by atoms with Crippen molar-refractivity contribution >= 4 is 39.4 Å². The maximum atomic E-state index is 12.0. The van der Waals surface area contributed by atoms with Gasteiger partial charge >= 0.3 is 0 Å². The molecule has 0 unspecified atom stereocenters. The molecule has 1 heterocycles. The van der Waals surface area contributed by atoms with Crippen LogP contribution in [0.25, 0.3) is 10.9 Å². The van der Waals surface area contributed by atoms with Gasteiger partial charge in [-0.15, -0.1) is 0 Å². The van der Waals surface area contributed by atoms with E-state index < -0.39 is 0 Å². The SMILES string of the molecule is Cn1nc(C(=O)NCCCCI)c2ccccc21. The quantitative estimate of drug-likeness (QED) is 0.508. The molecule has 4 nitrogen and oxygen atoms in total. The van der Waals surface area contributed by atoms with E-state index in [0.29, 0.717) is 12.2 Å². The van der Waals surface area contributed by atoms with Crippen LogP contribution in [0.4, 0.5) is 0 Å². The largest absolute Gasteiger partial charge is 0.351 e. The smallest absolute Gasteiger partial charge is 0.272 e. The molecule has 0 saturated heterocycles. The number of nitrogens with zero attached hydrogens (tertiary/aromatic N) is 2. The summed E-state index contributed by atoms with van der Waals surface area (Å²) in [6.45, 7) is 0.715. The van der Waals surface area contributed by atoms with Crippen LogP contribution in [0.15, 0.2) is 24.3 Å². The minimum atomic E-state index is -0.0831. The van der Waals surface area contributed by atoms with Crippen molar-refractivity contribution < 1.29 is 4.79 Å². The van der Waals surface area contributed by atoms with E-state index in [1.165, 1.54) is 0 Å². The molecular weight excluding hydrogens is 341 g/mol.